The number of aryl methyl sites for hydroxylation is 1. The summed E-state index contributed by atoms with van der Waals surface area (Å²) in [6.45, 7) is 0. The van der Waals surface area contributed by atoms with Crippen molar-refractivity contribution < 1.29 is 13.9 Å². The van der Waals surface area contributed by atoms with Gasteiger partial charge >= 0.3 is 0 Å². The standard InChI is InChI=1S/C17H15ClFN3O3S/c1-22-15-8(7-20-17(21-15)26-4)5-9(16(22)23)12-13(18)10(24-2)6-11(25-3)14(12)19/h5-7H,1-4H3. The van der Waals surface area contributed by atoms with Crippen LogP contribution in [-0.2, 0) is 7.05 Å². The Morgan fingerprint density at radius 1 is 1.23 bits per heavy atom. The van der Waals surface area contributed by atoms with E-state index in [-0.39, 0.29) is 27.6 Å². The van der Waals surface area contributed by atoms with Crippen LogP contribution in [0.4, 0.5) is 4.39 Å². The zero-order chi connectivity index (χ0) is 19.0. The minimum atomic E-state index is -0.739. The van der Waals surface area contributed by atoms with E-state index in [1.807, 2.05) is 6.26 Å². The molecule has 0 saturated carbocycles. The first-order chi connectivity index (χ1) is 12.4. The van der Waals surface area contributed by atoms with Gasteiger partial charge in [0.1, 0.15) is 11.4 Å². The normalized spacial score (nSPS) is 11.0. The van der Waals surface area contributed by atoms with Gasteiger partial charge in [0, 0.05) is 30.3 Å². The van der Waals surface area contributed by atoms with Gasteiger partial charge in [-0.15, -0.1) is 0 Å². The van der Waals surface area contributed by atoms with Gasteiger partial charge in [0.05, 0.1) is 24.8 Å². The Balaban J connectivity index is 2.40. The van der Waals surface area contributed by atoms with Crippen LogP contribution in [0.2, 0.25) is 5.02 Å². The minimum Gasteiger partial charge on any atom is -0.495 e. The summed E-state index contributed by atoms with van der Waals surface area (Å²) in [5, 5.41) is 1.11. The van der Waals surface area contributed by atoms with E-state index in [9.17, 15) is 9.18 Å². The molecule has 3 rings (SSSR count). The second kappa shape index (κ2) is 7.13. The van der Waals surface area contributed by atoms with Gasteiger partial charge in [0.2, 0.25) is 0 Å². The summed E-state index contributed by atoms with van der Waals surface area (Å²) in [6, 6.07) is 2.85. The third-order valence-electron chi connectivity index (χ3n) is 3.95. The summed E-state index contributed by atoms with van der Waals surface area (Å²) >= 11 is 7.66. The van der Waals surface area contributed by atoms with E-state index >= 15 is 0 Å². The third-order valence-corrected chi connectivity index (χ3v) is 4.89. The van der Waals surface area contributed by atoms with Gasteiger partial charge < -0.3 is 9.47 Å². The van der Waals surface area contributed by atoms with Crippen molar-refractivity contribution in [3.05, 3.63) is 39.5 Å². The summed E-state index contributed by atoms with van der Waals surface area (Å²) in [5.41, 5.74) is -0.0108. The number of pyridine rings is 1. The average molecular weight is 396 g/mol. The predicted octanol–water partition coefficient (Wildman–Crippen LogP) is 3.53. The van der Waals surface area contributed by atoms with Gasteiger partial charge in [0.25, 0.3) is 5.56 Å². The average Bonchev–Trinajstić information content (AvgIpc) is 2.65. The minimum absolute atomic E-state index is 0.0103. The van der Waals surface area contributed by atoms with Crippen molar-refractivity contribution in [1.82, 2.24) is 14.5 Å². The van der Waals surface area contributed by atoms with Crippen LogP contribution in [0.3, 0.4) is 0 Å². The molecule has 0 N–H and O–H groups in total. The maximum Gasteiger partial charge on any atom is 0.259 e. The lowest BCUT2D eigenvalue weighted by molar-refractivity contribution is 0.375. The molecule has 0 atom stereocenters. The fourth-order valence-electron chi connectivity index (χ4n) is 2.63. The fraction of sp³-hybridized carbons (Fsp3) is 0.235. The number of rotatable bonds is 4. The molecule has 9 heteroatoms. The van der Waals surface area contributed by atoms with E-state index in [0.29, 0.717) is 16.2 Å². The number of fused-ring (bicyclic) bond motifs is 1. The molecule has 2 aromatic heterocycles. The third kappa shape index (κ3) is 2.89. The lowest BCUT2D eigenvalue weighted by atomic mass is 10.0. The summed E-state index contributed by atoms with van der Waals surface area (Å²) < 4.78 is 26.5. The second-order valence-corrected chi connectivity index (χ2v) is 6.49. The van der Waals surface area contributed by atoms with Crippen LogP contribution in [0.5, 0.6) is 11.5 Å². The van der Waals surface area contributed by atoms with Crippen molar-refractivity contribution >= 4 is 34.4 Å². The number of methoxy groups -OCH3 is 2. The van der Waals surface area contributed by atoms with Crippen molar-refractivity contribution in [3.8, 4) is 22.6 Å². The number of aromatic nitrogens is 3. The molecule has 26 heavy (non-hydrogen) atoms. The quantitative estimate of drug-likeness (QED) is 0.497. The first-order valence-corrected chi connectivity index (χ1v) is 9.04. The summed E-state index contributed by atoms with van der Waals surface area (Å²) in [4.78, 5) is 21.4. The topological polar surface area (TPSA) is 66.2 Å². The van der Waals surface area contributed by atoms with E-state index in [2.05, 4.69) is 9.97 Å². The Bertz CT molecular complexity index is 1040. The molecule has 0 radical (unpaired) electrons. The van der Waals surface area contributed by atoms with Crippen molar-refractivity contribution in [2.75, 3.05) is 20.5 Å². The molecule has 2 heterocycles. The molecule has 0 unspecified atom stereocenters. The molecular formula is C17H15ClFN3O3S. The molecule has 0 aliphatic heterocycles. The highest BCUT2D eigenvalue weighted by atomic mass is 35.5. The van der Waals surface area contributed by atoms with E-state index < -0.39 is 11.4 Å². The van der Waals surface area contributed by atoms with Gasteiger partial charge in [-0.05, 0) is 12.3 Å². The lowest BCUT2D eigenvalue weighted by Crippen LogP contribution is -2.20. The van der Waals surface area contributed by atoms with Gasteiger partial charge in [-0.2, -0.15) is 0 Å². The molecule has 0 aliphatic rings. The van der Waals surface area contributed by atoms with Crippen LogP contribution in [0, 0.1) is 5.82 Å². The zero-order valence-electron chi connectivity index (χ0n) is 14.5. The molecule has 0 amide bonds. The van der Waals surface area contributed by atoms with Gasteiger partial charge in [0.15, 0.2) is 16.7 Å². The molecule has 0 saturated heterocycles. The molecule has 0 aliphatic carbocycles. The Hall–Kier alpha value is -2.32. The first kappa shape index (κ1) is 18.5. The smallest absolute Gasteiger partial charge is 0.259 e. The lowest BCUT2D eigenvalue weighted by Gasteiger charge is -2.15. The largest absolute Gasteiger partial charge is 0.495 e. The Kier molecular flexibility index (Phi) is 5.06. The monoisotopic (exact) mass is 395 g/mol. The van der Waals surface area contributed by atoms with E-state index in [1.54, 1.807) is 13.2 Å². The van der Waals surface area contributed by atoms with E-state index in [4.69, 9.17) is 21.1 Å². The van der Waals surface area contributed by atoms with Crippen LogP contribution >= 0.6 is 23.4 Å². The van der Waals surface area contributed by atoms with Gasteiger partial charge in [-0.1, -0.05) is 23.4 Å². The van der Waals surface area contributed by atoms with Crippen LogP contribution in [0.25, 0.3) is 22.2 Å². The molecule has 0 bridgehead atoms. The number of hydrogen-bond donors (Lipinski definition) is 0. The Morgan fingerprint density at radius 2 is 1.92 bits per heavy atom. The second-order valence-electron chi connectivity index (χ2n) is 5.34. The highest BCUT2D eigenvalue weighted by molar-refractivity contribution is 7.98. The Labute approximate surface area is 157 Å². The van der Waals surface area contributed by atoms with Crippen LogP contribution in [0.1, 0.15) is 0 Å². The number of nitrogens with zero attached hydrogens (tertiary/aromatic N) is 3. The molecule has 136 valence electrons. The maximum absolute atomic E-state index is 14.9. The maximum atomic E-state index is 14.9. The van der Waals surface area contributed by atoms with E-state index in [1.165, 1.54) is 42.7 Å². The molecule has 6 nitrogen and oxygen atoms in total. The van der Waals surface area contributed by atoms with Crippen LogP contribution in [0.15, 0.2) is 28.3 Å². The van der Waals surface area contributed by atoms with Gasteiger partial charge in [-0.25, -0.2) is 14.4 Å². The van der Waals surface area contributed by atoms with Crippen LogP contribution in [-0.4, -0.2) is 35.0 Å². The highest BCUT2D eigenvalue weighted by Crippen LogP contribution is 2.41. The number of benzene rings is 1. The molecular weight excluding hydrogens is 381 g/mol. The Morgan fingerprint density at radius 3 is 2.54 bits per heavy atom. The predicted molar refractivity (Wildman–Crippen MR) is 100 cm³/mol. The van der Waals surface area contributed by atoms with Crippen molar-refractivity contribution in [3.63, 3.8) is 0 Å². The fourth-order valence-corrected chi connectivity index (χ4v) is 3.28. The number of ether oxygens (including phenoxy) is 2. The number of hydrogen-bond acceptors (Lipinski definition) is 6. The molecule has 1 aromatic carbocycles. The van der Waals surface area contributed by atoms with Crippen LogP contribution < -0.4 is 15.0 Å². The molecule has 0 fully saturated rings. The summed E-state index contributed by atoms with van der Waals surface area (Å²) in [7, 11) is 4.29. The van der Waals surface area contributed by atoms with E-state index in [0.717, 1.165) is 0 Å². The van der Waals surface area contributed by atoms with Crippen molar-refractivity contribution in [1.29, 1.82) is 0 Å². The molecule has 3 aromatic rings. The van der Waals surface area contributed by atoms with Crippen molar-refractivity contribution in [2.45, 2.75) is 5.16 Å². The molecule has 0 spiro atoms. The summed E-state index contributed by atoms with van der Waals surface area (Å²) in [6.07, 6.45) is 3.42. The van der Waals surface area contributed by atoms with Gasteiger partial charge in [-0.3, -0.25) is 9.36 Å². The SMILES string of the molecule is COc1cc(OC)c(Cl)c(-c2cc3cnc(SC)nc3n(C)c2=O)c1F. The highest BCUT2D eigenvalue weighted by Gasteiger charge is 2.23. The van der Waals surface area contributed by atoms with Crippen molar-refractivity contribution in [2.24, 2.45) is 7.05 Å². The number of thioether (sulfide) groups is 1. The number of halogens is 2. The first-order valence-electron chi connectivity index (χ1n) is 7.44. The zero-order valence-corrected chi connectivity index (χ0v) is 16.0. The summed E-state index contributed by atoms with van der Waals surface area (Å²) in [5.74, 6) is -0.607.